The van der Waals surface area contributed by atoms with E-state index in [0.717, 1.165) is 16.0 Å². The number of benzene rings is 2. The summed E-state index contributed by atoms with van der Waals surface area (Å²) in [5.41, 5.74) is 2.24. The second kappa shape index (κ2) is 9.38. The molecule has 0 spiro atoms. The number of carbonyl (C=O) groups is 3. The van der Waals surface area contributed by atoms with Crippen molar-refractivity contribution in [3.05, 3.63) is 74.3 Å². The van der Waals surface area contributed by atoms with Crippen LogP contribution < -0.4 is 9.47 Å². The maximum Gasteiger partial charge on any atom is 0.262 e. The zero-order chi connectivity index (χ0) is 24.7. The van der Waals surface area contributed by atoms with Gasteiger partial charge in [0.25, 0.3) is 11.8 Å². The van der Waals surface area contributed by atoms with Crippen molar-refractivity contribution in [3.8, 4) is 11.5 Å². The van der Waals surface area contributed by atoms with Crippen molar-refractivity contribution in [3.63, 3.8) is 0 Å². The second-order valence-corrected chi connectivity index (χ2v) is 9.41. The summed E-state index contributed by atoms with van der Waals surface area (Å²) in [5.74, 6) is -0.328. The largest absolute Gasteiger partial charge is 0.492 e. The van der Waals surface area contributed by atoms with Crippen molar-refractivity contribution in [2.45, 2.75) is 25.4 Å². The van der Waals surface area contributed by atoms with E-state index >= 15 is 0 Å². The lowest BCUT2D eigenvalue weighted by atomic mass is 9.92. The van der Waals surface area contributed by atoms with Gasteiger partial charge in [-0.1, -0.05) is 18.2 Å². The molecule has 0 N–H and O–H groups in total. The quantitative estimate of drug-likeness (QED) is 0.336. The summed E-state index contributed by atoms with van der Waals surface area (Å²) in [6.07, 6.45) is 5.60. The molecule has 0 fully saturated rings. The predicted octanol–water partition coefficient (Wildman–Crippen LogP) is 5.34. The zero-order valence-electron chi connectivity index (χ0n) is 18.8. The second-order valence-electron chi connectivity index (χ2n) is 7.83. The molecule has 0 saturated carbocycles. The van der Waals surface area contributed by atoms with Crippen LogP contribution in [0, 0.1) is 0 Å². The summed E-state index contributed by atoms with van der Waals surface area (Å²) in [7, 11) is 3.09. The van der Waals surface area contributed by atoms with Gasteiger partial charge in [-0.15, -0.1) is 6.58 Å². The fraction of sp³-hybridized carbons (Fsp3) is 0.240. The molecular weight excluding hydrogens is 568 g/mol. The zero-order valence-corrected chi connectivity index (χ0v) is 22.0. The van der Waals surface area contributed by atoms with E-state index in [0.29, 0.717) is 38.0 Å². The number of methoxy groups -OCH3 is 2. The highest BCUT2D eigenvalue weighted by molar-refractivity contribution is 9.11. The molecule has 2 atom stereocenters. The van der Waals surface area contributed by atoms with Gasteiger partial charge in [-0.05, 0) is 63.4 Å². The Morgan fingerprint density at radius 1 is 1.09 bits per heavy atom. The van der Waals surface area contributed by atoms with Crippen molar-refractivity contribution in [2.24, 2.45) is 0 Å². The van der Waals surface area contributed by atoms with Crippen LogP contribution in [0.1, 0.15) is 51.2 Å². The fourth-order valence-corrected chi connectivity index (χ4v) is 5.94. The first kappa shape index (κ1) is 24.2. The minimum Gasteiger partial charge on any atom is -0.492 e. The van der Waals surface area contributed by atoms with Gasteiger partial charge in [-0.25, -0.2) is 0 Å². The molecule has 176 valence electrons. The molecule has 34 heavy (non-hydrogen) atoms. The van der Waals surface area contributed by atoms with Gasteiger partial charge in [-0.2, -0.15) is 0 Å². The van der Waals surface area contributed by atoms with Gasteiger partial charge < -0.3 is 14.4 Å². The van der Waals surface area contributed by atoms with Crippen LogP contribution in [0.25, 0.3) is 6.08 Å². The lowest BCUT2D eigenvalue weighted by molar-refractivity contribution is -0.134. The summed E-state index contributed by atoms with van der Waals surface area (Å²) in [6.45, 7) is 5.43. The summed E-state index contributed by atoms with van der Waals surface area (Å²) in [5, 5.41) is 0. The molecule has 3 amide bonds. The molecule has 4 rings (SSSR count). The summed E-state index contributed by atoms with van der Waals surface area (Å²) in [6, 6.07) is 5.13. The Labute approximate surface area is 214 Å². The molecule has 2 aliphatic heterocycles. The van der Waals surface area contributed by atoms with E-state index in [2.05, 4.69) is 38.4 Å². The number of imide groups is 1. The number of hydrogen-bond donors (Lipinski definition) is 0. The lowest BCUT2D eigenvalue weighted by Gasteiger charge is -2.37. The van der Waals surface area contributed by atoms with Crippen LogP contribution in [0.3, 0.4) is 0 Å². The first-order valence-corrected chi connectivity index (χ1v) is 12.1. The van der Waals surface area contributed by atoms with Gasteiger partial charge in [0.2, 0.25) is 5.91 Å². The van der Waals surface area contributed by atoms with Crippen molar-refractivity contribution in [1.29, 1.82) is 0 Å². The first-order valence-electron chi connectivity index (χ1n) is 10.5. The van der Waals surface area contributed by atoms with E-state index < -0.39 is 23.9 Å². The molecular formula is C25H22Br2N2O5. The Hall–Kier alpha value is -2.91. The van der Waals surface area contributed by atoms with Gasteiger partial charge in [-0.3, -0.25) is 19.3 Å². The molecule has 9 heteroatoms. The van der Waals surface area contributed by atoms with Crippen LogP contribution in [0.2, 0.25) is 0 Å². The Morgan fingerprint density at radius 3 is 2.18 bits per heavy atom. The highest BCUT2D eigenvalue weighted by Crippen LogP contribution is 2.51. The van der Waals surface area contributed by atoms with E-state index in [9.17, 15) is 14.4 Å². The Balaban J connectivity index is 1.75. The van der Waals surface area contributed by atoms with Crippen LogP contribution in [0.4, 0.5) is 0 Å². The van der Waals surface area contributed by atoms with Crippen molar-refractivity contribution >= 4 is 55.7 Å². The third-order valence-corrected chi connectivity index (χ3v) is 7.64. The number of amides is 3. The number of halogens is 2. The van der Waals surface area contributed by atoms with Gasteiger partial charge >= 0.3 is 0 Å². The minimum absolute atomic E-state index is 0.304. The van der Waals surface area contributed by atoms with Gasteiger partial charge in [0.05, 0.1) is 40.3 Å². The molecule has 7 nitrogen and oxygen atoms in total. The SMILES string of the molecule is C=CCC1c2c(Br)c(OC)c(OC)c(Br)c2C=CN1C(=O)[C@H](C)N1C(=O)c2ccccc2C1=O. The van der Waals surface area contributed by atoms with Crippen LogP contribution in [-0.2, 0) is 4.79 Å². The molecule has 2 aliphatic rings. The predicted molar refractivity (Wildman–Crippen MR) is 135 cm³/mol. The van der Waals surface area contributed by atoms with E-state index in [1.54, 1.807) is 61.6 Å². The number of nitrogens with zero attached hydrogens (tertiary/aromatic N) is 2. The maximum absolute atomic E-state index is 13.7. The number of rotatable bonds is 6. The van der Waals surface area contributed by atoms with Gasteiger partial charge in [0.1, 0.15) is 6.04 Å². The van der Waals surface area contributed by atoms with Crippen LogP contribution >= 0.6 is 31.9 Å². The standard InChI is InChI=1S/C25H22Br2N2O5/c1-5-8-17-18-16(19(26)21(33-3)22(34-4)20(18)27)11-12-28(17)23(30)13(2)29-24(31)14-9-6-7-10-15(14)25(29)32/h5-7,9-13,17H,1,8H2,2-4H3/t13-,17?/m0/s1. The smallest absolute Gasteiger partial charge is 0.262 e. The molecule has 2 aromatic carbocycles. The highest BCUT2D eigenvalue weighted by Gasteiger charge is 2.43. The summed E-state index contributed by atoms with van der Waals surface area (Å²) >= 11 is 7.23. The molecule has 1 unspecified atom stereocenters. The molecule has 2 heterocycles. The topological polar surface area (TPSA) is 76.2 Å². The molecule has 0 aromatic heterocycles. The number of ether oxygens (including phenoxy) is 2. The van der Waals surface area contributed by atoms with E-state index in [4.69, 9.17) is 9.47 Å². The first-order chi connectivity index (χ1) is 16.3. The molecule has 0 bridgehead atoms. The summed E-state index contributed by atoms with van der Waals surface area (Å²) in [4.78, 5) is 42.2. The molecule has 0 radical (unpaired) electrons. The lowest BCUT2D eigenvalue weighted by Crippen LogP contribution is -2.49. The Kier molecular flexibility index (Phi) is 6.69. The normalized spacial score (nSPS) is 17.4. The Morgan fingerprint density at radius 2 is 1.65 bits per heavy atom. The van der Waals surface area contributed by atoms with Gasteiger partial charge in [0.15, 0.2) is 11.5 Å². The highest BCUT2D eigenvalue weighted by atomic mass is 79.9. The summed E-state index contributed by atoms with van der Waals surface area (Å²) < 4.78 is 12.4. The number of carbonyl (C=O) groups excluding carboxylic acids is 3. The van der Waals surface area contributed by atoms with Crippen LogP contribution in [0.5, 0.6) is 11.5 Å². The van der Waals surface area contributed by atoms with Crippen LogP contribution in [0.15, 0.2) is 52.1 Å². The van der Waals surface area contributed by atoms with Crippen molar-refractivity contribution < 1.29 is 23.9 Å². The monoisotopic (exact) mass is 588 g/mol. The fourth-order valence-electron chi connectivity index (χ4n) is 4.43. The average Bonchev–Trinajstić information content (AvgIpc) is 3.10. The molecule has 2 aromatic rings. The average molecular weight is 590 g/mol. The maximum atomic E-state index is 13.7. The third-order valence-electron chi connectivity index (χ3n) is 6.06. The van der Waals surface area contributed by atoms with E-state index in [1.165, 1.54) is 7.11 Å². The van der Waals surface area contributed by atoms with Crippen molar-refractivity contribution in [1.82, 2.24) is 9.80 Å². The van der Waals surface area contributed by atoms with E-state index in [1.807, 2.05) is 0 Å². The number of hydrogen-bond acceptors (Lipinski definition) is 5. The molecule has 0 saturated heterocycles. The number of fused-ring (bicyclic) bond motifs is 2. The minimum atomic E-state index is -1.01. The van der Waals surface area contributed by atoms with E-state index in [-0.39, 0.29) is 5.91 Å². The van der Waals surface area contributed by atoms with Gasteiger partial charge in [0, 0.05) is 17.3 Å². The molecule has 0 aliphatic carbocycles. The van der Waals surface area contributed by atoms with Crippen LogP contribution in [-0.4, -0.2) is 47.8 Å². The third kappa shape index (κ3) is 3.58. The Bertz CT molecular complexity index is 1220. The van der Waals surface area contributed by atoms with Crippen molar-refractivity contribution in [2.75, 3.05) is 14.2 Å².